The smallest absolute Gasteiger partial charge is 0.263 e. The predicted octanol–water partition coefficient (Wildman–Crippen LogP) is 4.67. The summed E-state index contributed by atoms with van der Waals surface area (Å²) in [5.41, 5.74) is 0.644. The molecule has 0 N–H and O–H groups in total. The van der Waals surface area contributed by atoms with Crippen molar-refractivity contribution in [2.45, 2.75) is 31.0 Å². The molecule has 0 spiro atoms. The van der Waals surface area contributed by atoms with E-state index < -0.39 is 4.33 Å². The Morgan fingerprint density at radius 3 is 2.44 bits per heavy atom. The van der Waals surface area contributed by atoms with Crippen molar-refractivity contribution in [1.29, 1.82) is 0 Å². The van der Waals surface area contributed by atoms with E-state index in [0.717, 1.165) is 12.8 Å². The lowest BCUT2D eigenvalue weighted by atomic mass is 10.2. The number of para-hydroxylation sites is 1. The van der Waals surface area contributed by atoms with E-state index >= 15 is 0 Å². The summed E-state index contributed by atoms with van der Waals surface area (Å²) in [6, 6.07) is 7.17. The first kappa shape index (κ1) is 15.6. The van der Waals surface area contributed by atoms with Gasteiger partial charge in [0.25, 0.3) is 5.91 Å². The number of amides is 1. The molecule has 2 nitrogen and oxygen atoms in total. The fraction of sp³-hybridized carbons (Fsp3) is 0.462. The van der Waals surface area contributed by atoms with Crippen LogP contribution in [0.25, 0.3) is 0 Å². The summed E-state index contributed by atoms with van der Waals surface area (Å²) in [5, 5.41) is 0.513. The van der Waals surface area contributed by atoms with E-state index in [-0.39, 0.29) is 5.91 Å². The predicted molar refractivity (Wildman–Crippen MR) is 78.8 cm³/mol. The molecule has 5 heteroatoms. The van der Waals surface area contributed by atoms with Crippen LogP contribution in [0.3, 0.4) is 0 Å². The van der Waals surface area contributed by atoms with Gasteiger partial charge in [-0.2, -0.15) is 0 Å². The number of hydrogen-bond acceptors (Lipinski definition) is 1. The monoisotopic (exact) mass is 307 g/mol. The largest absolute Gasteiger partial charge is 0.308 e. The third kappa shape index (κ3) is 4.04. The lowest BCUT2D eigenvalue weighted by molar-refractivity contribution is -0.118. The van der Waals surface area contributed by atoms with Crippen molar-refractivity contribution in [3.63, 3.8) is 0 Å². The van der Waals surface area contributed by atoms with Gasteiger partial charge in [0.1, 0.15) is 0 Å². The Bertz CT molecular complexity index is 415. The molecule has 0 radical (unpaired) electrons. The van der Waals surface area contributed by atoms with Crippen molar-refractivity contribution in [3.05, 3.63) is 29.3 Å². The molecule has 0 unspecified atom stereocenters. The second-order valence-electron chi connectivity index (χ2n) is 4.15. The van der Waals surface area contributed by atoms with Gasteiger partial charge in [0.05, 0.1) is 10.7 Å². The van der Waals surface area contributed by atoms with Crippen molar-refractivity contribution in [2.24, 2.45) is 0 Å². The Balaban J connectivity index is 3.06. The van der Waals surface area contributed by atoms with Crippen molar-refractivity contribution >= 4 is 46.4 Å². The van der Waals surface area contributed by atoms with Crippen LogP contribution in [0.2, 0.25) is 5.02 Å². The van der Waals surface area contributed by atoms with E-state index in [0.29, 0.717) is 17.3 Å². The molecule has 1 aromatic carbocycles. The maximum atomic E-state index is 12.2. The number of nitrogens with zero attached hydrogens (tertiary/aromatic N) is 1. The van der Waals surface area contributed by atoms with E-state index in [1.165, 1.54) is 6.92 Å². The molecular formula is C13H16Cl3NO. The van der Waals surface area contributed by atoms with Crippen molar-refractivity contribution < 1.29 is 4.79 Å². The maximum Gasteiger partial charge on any atom is 0.263 e. The molecule has 0 bridgehead atoms. The minimum Gasteiger partial charge on any atom is -0.308 e. The summed E-state index contributed by atoms with van der Waals surface area (Å²) in [6.45, 7) is 4.07. The van der Waals surface area contributed by atoms with Gasteiger partial charge in [-0.25, -0.2) is 0 Å². The molecule has 1 aromatic rings. The fourth-order valence-corrected chi connectivity index (χ4v) is 2.00. The Kier molecular flexibility index (Phi) is 5.77. The van der Waals surface area contributed by atoms with Crippen LogP contribution in [0, 0.1) is 0 Å². The molecule has 0 atom stereocenters. The molecule has 0 saturated heterocycles. The minimum absolute atomic E-state index is 0.354. The number of alkyl halides is 2. The quantitative estimate of drug-likeness (QED) is 0.724. The number of unbranched alkanes of at least 4 members (excludes halogenated alkanes) is 1. The Hall–Kier alpha value is -0.440. The van der Waals surface area contributed by atoms with Gasteiger partial charge in [-0.15, -0.1) is 0 Å². The van der Waals surface area contributed by atoms with Crippen LogP contribution in [0.1, 0.15) is 26.7 Å². The molecular weight excluding hydrogens is 293 g/mol. The number of anilines is 1. The highest BCUT2D eigenvalue weighted by molar-refractivity contribution is 6.59. The van der Waals surface area contributed by atoms with Gasteiger partial charge in [-0.3, -0.25) is 4.79 Å². The third-order valence-corrected chi connectivity index (χ3v) is 3.14. The number of carbonyl (C=O) groups excluding carboxylic acids is 1. The van der Waals surface area contributed by atoms with E-state index in [1.54, 1.807) is 17.0 Å². The van der Waals surface area contributed by atoms with Crippen molar-refractivity contribution in [1.82, 2.24) is 0 Å². The molecule has 0 fully saturated rings. The van der Waals surface area contributed by atoms with Gasteiger partial charge in [0.15, 0.2) is 4.33 Å². The SMILES string of the molecule is CCCCN(C(=O)C(C)(Cl)Cl)c1ccccc1Cl. The summed E-state index contributed by atoms with van der Waals surface area (Å²) in [6.07, 6.45) is 1.83. The van der Waals surface area contributed by atoms with Gasteiger partial charge in [-0.1, -0.05) is 60.3 Å². The number of hydrogen-bond donors (Lipinski definition) is 0. The lowest BCUT2D eigenvalue weighted by Gasteiger charge is -2.27. The van der Waals surface area contributed by atoms with E-state index in [1.807, 2.05) is 12.1 Å². The molecule has 0 aliphatic carbocycles. The fourth-order valence-electron chi connectivity index (χ4n) is 1.56. The van der Waals surface area contributed by atoms with Crippen LogP contribution in [0.5, 0.6) is 0 Å². The van der Waals surface area contributed by atoms with Crippen molar-refractivity contribution in [3.8, 4) is 0 Å². The van der Waals surface area contributed by atoms with E-state index in [9.17, 15) is 4.79 Å². The van der Waals surface area contributed by atoms with Crippen LogP contribution in [-0.2, 0) is 4.79 Å². The zero-order valence-corrected chi connectivity index (χ0v) is 12.7. The molecule has 0 heterocycles. The molecule has 0 aliphatic heterocycles. The minimum atomic E-state index is -1.45. The zero-order valence-electron chi connectivity index (χ0n) is 10.4. The zero-order chi connectivity index (χ0) is 13.8. The Morgan fingerprint density at radius 2 is 1.94 bits per heavy atom. The second kappa shape index (κ2) is 6.65. The number of rotatable bonds is 5. The van der Waals surface area contributed by atoms with Crippen molar-refractivity contribution in [2.75, 3.05) is 11.4 Å². The Morgan fingerprint density at radius 1 is 1.33 bits per heavy atom. The summed E-state index contributed by atoms with van der Waals surface area (Å²) in [4.78, 5) is 13.8. The highest BCUT2D eigenvalue weighted by Crippen LogP contribution is 2.31. The first-order chi connectivity index (χ1) is 8.38. The van der Waals surface area contributed by atoms with Gasteiger partial charge in [0, 0.05) is 6.54 Å². The number of halogens is 3. The second-order valence-corrected chi connectivity index (χ2v) is 6.26. The van der Waals surface area contributed by atoms with Gasteiger partial charge >= 0.3 is 0 Å². The van der Waals surface area contributed by atoms with Crippen LogP contribution in [0.15, 0.2) is 24.3 Å². The van der Waals surface area contributed by atoms with Gasteiger partial charge in [0.2, 0.25) is 0 Å². The molecule has 1 rings (SSSR count). The summed E-state index contributed by atoms with van der Waals surface area (Å²) >= 11 is 17.9. The Labute approximate surface area is 123 Å². The summed E-state index contributed by atoms with van der Waals surface area (Å²) in [5.74, 6) is -0.354. The number of carbonyl (C=O) groups is 1. The normalized spacial score (nSPS) is 11.4. The van der Waals surface area contributed by atoms with Crippen LogP contribution < -0.4 is 4.90 Å². The molecule has 0 saturated carbocycles. The van der Waals surface area contributed by atoms with Crippen LogP contribution in [0.4, 0.5) is 5.69 Å². The molecule has 100 valence electrons. The standard InChI is InChI=1S/C13H16Cl3NO/c1-3-4-9-17(12(18)13(2,15)16)11-8-6-5-7-10(11)14/h5-8H,3-4,9H2,1-2H3. The first-order valence-electron chi connectivity index (χ1n) is 5.82. The topological polar surface area (TPSA) is 20.3 Å². The average Bonchev–Trinajstić information content (AvgIpc) is 2.30. The van der Waals surface area contributed by atoms with E-state index in [4.69, 9.17) is 34.8 Å². The average molecular weight is 309 g/mol. The highest BCUT2D eigenvalue weighted by Gasteiger charge is 2.33. The number of benzene rings is 1. The molecule has 0 aliphatic rings. The molecule has 1 amide bonds. The molecule has 18 heavy (non-hydrogen) atoms. The summed E-state index contributed by atoms with van der Waals surface area (Å²) < 4.78 is -1.45. The lowest BCUT2D eigenvalue weighted by Crippen LogP contribution is -2.41. The summed E-state index contributed by atoms with van der Waals surface area (Å²) in [7, 11) is 0. The highest BCUT2D eigenvalue weighted by atomic mass is 35.5. The van der Waals surface area contributed by atoms with Crippen LogP contribution >= 0.6 is 34.8 Å². The molecule has 0 aromatic heterocycles. The third-order valence-electron chi connectivity index (χ3n) is 2.50. The van der Waals surface area contributed by atoms with Gasteiger partial charge < -0.3 is 4.90 Å². The first-order valence-corrected chi connectivity index (χ1v) is 6.95. The van der Waals surface area contributed by atoms with Crippen LogP contribution in [-0.4, -0.2) is 16.8 Å². The van der Waals surface area contributed by atoms with E-state index in [2.05, 4.69) is 6.92 Å². The maximum absolute atomic E-state index is 12.2. The van der Waals surface area contributed by atoms with Gasteiger partial charge in [-0.05, 0) is 25.5 Å².